The fraction of sp³-hybridized carbons (Fsp3) is 0.176. The molecule has 0 unspecified atom stereocenters. The first-order valence-electron chi connectivity index (χ1n) is 7.05. The molecule has 0 aliphatic carbocycles. The molecule has 24 heavy (non-hydrogen) atoms. The number of anilines is 1. The smallest absolute Gasteiger partial charge is 0.265 e. The molecule has 0 bridgehead atoms. The van der Waals surface area contributed by atoms with Gasteiger partial charge in [-0.15, -0.1) is 0 Å². The molecule has 0 spiro atoms. The summed E-state index contributed by atoms with van der Waals surface area (Å²) in [6.07, 6.45) is 1.48. The van der Waals surface area contributed by atoms with E-state index in [1.54, 1.807) is 56.7 Å². The minimum atomic E-state index is -0.354. The topological polar surface area (TPSA) is 69.2 Å². The maximum absolute atomic E-state index is 11.8. The van der Waals surface area contributed by atoms with E-state index in [1.807, 2.05) is 0 Å². The van der Waals surface area contributed by atoms with E-state index in [0.29, 0.717) is 22.2 Å². The Bertz CT molecular complexity index is 734. The highest BCUT2D eigenvalue weighted by molar-refractivity contribution is 6.33. The summed E-state index contributed by atoms with van der Waals surface area (Å²) in [5.74, 6) is 0.847. The molecular weight excluding hydrogens is 332 g/mol. The molecule has 0 atom stereocenters. The number of methoxy groups -OCH3 is 2. The SMILES string of the molecule is COc1ccc(C=NOCC(=O)Nc2ccccc2Cl)cc1OC. The van der Waals surface area contributed by atoms with Crippen LogP contribution >= 0.6 is 11.6 Å². The second-order valence-electron chi connectivity index (χ2n) is 4.65. The predicted octanol–water partition coefficient (Wildman–Crippen LogP) is 3.35. The summed E-state index contributed by atoms with van der Waals surface area (Å²) in [5, 5.41) is 6.86. The van der Waals surface area contributed by atoms with Crippen LogP contribution in [0.5, 0.6) is 11.5 Å². The Morgan fingerprint density at radius 3 is 2.62 bits per heavy atom. The number of nitrogens with zero attached hydrogens (tertiary/aromatic N) is 1. The summed E-state index contributed by atoms with van der Waals surface area (Å²) in [7, 11) is 3.11. The van der Waals surface area contributed by atoms with Crippen LogP contribution in [0.3, 0.4) is 0 Å². The zero-order chi connectivity index (χ0) is 17.4. The van der Waals surface area contributed by atoms with Gasteiger partial charge >= 0.3 is 0 Å². The second kappa shape index (κ2) is 8.79. The van der Waals surface area contributed by atoms with Crippen LogP contribution in [-0.4, -0.2) is 32.9 Å². The van der Waals surface area contributed by atoms with Gasteiger partial charge in [0.1, 0.15) is 0 Å². The lowest BCUT2D eigenvalue weighted by molar-refractivity contribution is -0.120. The van der Waals surface area contributed by atoms with Crippen LogP contribution in [0.25, 0.3) is 0 Å². The second-order valence-corrected chi connectivity index (χ2v) is 5.06. The average molecular weight is 349 g/mol. The number of benzene rings is 2. The van der Waals surface area contributed by atoms with Gasteiger partial charge in [-0.05, 0) is 30.3 Å². The van der Waals surface area contributed by atoms with Gasteiger partial charge < -0.3 is 19.6 Å². The van der Waals surface area contributed by atoms with Gasteiger partial charge in [-0.1, -0.05) is 28.9 Å². The Labute approximate surface area is 145 Å². The van der Waals surface area contributed by atoms with Crippen molar-refractivity contribution in [3.63, 3.8) is 0 Å². The third kappa shape index (κ3) is 4.89. The third-order valence-electron chi connectivity index (χ3n) is 3.03. The molecule has 1 amide bonds. The first-order valence-corrected chi connectivity index (χ1v) is 7.43. The molecule has 0 aliphatic heterocycles. The number of carbonyl (C=O) groups excluding carboxylic acids is 1. The van der Waals surface area contributed by atoms with E-state index in [4.69, 9.17) is 25.9 Å². The highest BCUT2D eigenvalue weighted by atomic mass is 35.5. The molecule has 7 heteroatoms. The van der Waals surface area contributed by atoms with Crippen LogP contribution in [-0.2, 0) is 9.63 Å². The number of ether oxygens (including phenoxy) is 2. The number of para-hydroxylation sites is 1. The van der Waals surface area contributed by atoms with Gasteiger partial charge in [0.2, 0.25) is 0 Å². The fourth-order valence-corrected chi connectivity index (χ4v) is 2.06. The molecule has 2 rings (SSSR count). The van der Waals surface area contributed by atoms with Crippen molar-refractivity contribution in [3.8, 4) is 11.5 Å². The van der Waals surface area contributed by atoms with Gasteiger partial charge in [0.25, 0.3) is 5.91 Å². The third-order valence-corrected chi connectivity index (χ3v) is 3.36. The summed E-state index contributed by atoms with van der Waals surface area (Å²) in [6.45, 7) is -0.227. The molecule has 2 aromatic carbocycles. The van der Waals surface area contributed by atoms with E-state index in [2.05, 4.69) is 10.5 Å². The minimum Gasteiger partial charge on any atom is -0.493 e. The predicted molar refractivity (Wildman–Crippen MR) is 93.2 cm³/mol. The van der Waals surface area contributed by atoms with Gasteiger partial charge in [0, 0.05) is 5.56 Å². The molecule has 126 valence electrons. The van der Waals surface area contributed by atoms with E-state index < -0.39 is 0 Å². The highest BCUT2D eigenvalue weighted by Crippen LogP contribution is 2.26. The molecular formula is C17H17ClN2O4. The van der Waals surface area contributed by atoms with Crippen molar-refractivity contribution in [3.05, 3.63) is 53.1 Å². The summed E-state index contributed by atoms with van der Waals surface area (Å²) in [6, 6.07) is 12.2. The number of carbonyl (C=O) groups is 1. The zero-order valence-corrected chi connectivity index (χ0v) is 14.0. The van der Waals surface area contributed by atoms with Crippen LogP contribution in [0.2, 0.25) is 5.02 Å². The summed E-state index contributed by atoms with van der Waals surface area (Å²) in [5.41, 5.74) is 1.27. The number of nitrogens with one attached hydrogen (secondary N) is 1. The monoisotopic (exact) mass is 348 g/mol. The van der Waals surface area contributed by atoms with Crippen molar-refractivity contribution in [2.75, 3.05) is 26.1 Å². The number of hydrogen-bond acceptors (Lipinski definition) is 5. The number of amides is 1. The van der Waals surface area contributed by atoms with Gasteiger partial charge in [0.05, 0.1) is 31.1 Å². The quantitative estimate of drug-likeness (QED) is 0.615. The first-order chi connectivity index (χ1) is 11.6. The van der Waals surface area contributed by atoms with E-state index in [-0.39, 0.29) is 12.5 Å². The van der Waals surface area contributed by atoms with Gasteiger partial charge in [-0.25, -0.2) is 0 Å². The van der Waals surface area contributed by atoms with Crippen molar-refractivity contribution in [1.29, 1.82) is 0 Å². The number of rotatable bonds is 7. The Morgan fingerprint density at radius 2 is 1.92 bits per heavy atom. The van der Waals surface area contributed by atoms with E-state index >= 15 is 0 Å². The Morgan fingerprint density at radius 1 is 1.17 bits per heavy atom. The van der Waals surface area contributed by atoms with Crippen LogP contribution in [0, 0.1) is 0 Å². The van der Waals surface area contributed by atoms with E-state index in [9.17, 15) is 4.79 Å². The maximum Gasteiger partial charge on any atom is 0.265 e. The van der Waals surface area contributed by atoms with Crippen molar-refractivity contribution in [2.45, 2.75) is 0 Å². The lowest BCUT2D eigenvalue weighted by atomic mass is 10.2. The molecule has 0 heterocycles. The van der Waals surface area contributed by atoms with Crippen molar-refractivity contribution in [1.82, 2.24) is 0 Å². The molecule has 0 aliphatic rings. The zero-order valence-electron chi connectivity index (χ0n) is 13.3. The Hall–Kier alpha value is -2.73. The van der Waals surface area contributed by atoms with E-state index in [0.717, 1.165) is 5.56 Å². The van der Waals surface area contributed by atoms with Gasteiger partial charge in [-0.2, -0.15) is 0 Å². The molecule has 1 N–H and O–H groups in total. The van der Waals surface area contributed by atoms with Crippen molar-refractivity contribution < 1.29 is 19.1 Å². The molecule has 0 saturated heterocycles. The lowest BCUT2D eigenvalue weighted by Gasteiger charge is -2.07. The van der Waals surface area contributed by atoms with E-state index in [1.165, 1.54) is 6.21 Å². The Balaban J connectivity index is 1.86. The summed E-state index contributed by atoms with van der Waals surface area (Å²) >= 11 is 5.96. The van der Waals surface area contributed by atoms with Crippen LogP contribution in [0.4, 0.5) is 5.69 Å². The van der Waals surface area contributed by atoms with Crippen molar-refractivity contribution >= 4 is 29.4 Å². The lowest BCUT2D eigenvalue weighted by Crippen LogP contribution is -2.17. The molecule has 0 saturated carbocycles. The standard InChI is InChI=1S/C17H17ClN2O4/c1-22-15-8-7-12(9-16(15)23-2)10-19-24-11-17(21)20-14-6-4-3-5-13(14)18/h3-10H,11H2,1-2H3,(H,20,21). The van der Waals surface area contributed by atoms with Crippen molar-refractivity contribution in [2.24, 2.45) is 5.16 Å². The van der Waals surface area contributed by atoms with Crippen LogP contribution in [0.15, 0.2) is 47.6 Å². The number of halogens is 1. The normalized spacial score (nSPS) is 10.5. The largest absolute Gasteiger partial charge is 0.493 e. The number of oxime groups is 1. The molecule has 2 aromatic rings. The minimum absolute atomic E-state index is 0.227. The molecule has 0 aromatic heterocycles. The highest BCUT2D eigenvalue weighted by Gasteiger charge is 2.06. The van der Waals surface area contributed by atoms with Gasteiger partial charge in [-0.3, -0.25) is 4.79 Å². The molecule has 6 nitrogen and oxygen atoms in total. The fourth-order valence-electron chi connectivity index (χ4n) is 1.88. The molecule has 0 fully saturated rings. The van der Waals surface area contributed by atoms with Gasteiger partial charge in [0.15, 0.2) is 18.1 Å². The summed E-state index contributed by atoms with van der Waals surface area (Å²) < 4.78 is 10.3. The average Bonchev–Trinajstić information content (AvgIpc) is 2.60. The Kier molecular flexibility index (Phi) is 6.45. The maximum atomic E-state index is 11.8. The number of hydrogen-bond donors (Lipinski definition) is 1. The first kappa shape index (κ1) is 17.6. The summed E-state index contributed by atoms with van der Waals surface area (Å²) in [4.78, 5) is 16.7. The van der Waals surface area contributed by atoms with Crippen LogP contribution in [0.1, 0.15) is 5.56 Å². The molecule has 0 radical (unpaired) electrons. The van der Waals surface area contributed by atoms with Crippen LogP contribution < -0.4 is 14.8 Å².